The van der Waals surface area contributed by atoms with Crippen LogP contribution in [0.2, 0.25) is 0 Å². The summed E-state index contributed by atoms with van der Waals surface area (Å²) in [6.45, 7) is 1.57. The first-order valence-corrected chi connectivity index (χ1v) is 6.81. The second-order valence-electron chi connectivity index (χ2n) is 4.96. The predicted molar refractivity (Wildman–Crippen MR) is 74.3 cm³/mol. The summed E-state index contributed by atoms with van der Waals surface area (Å²) in [4.78, 5) is 41.3. The number of amides is 2. The monoisotopic (exact) mass is 305 g/mol. The van der Waals surface area contributed by atoms with E-state index in [1.54, 1.807) is 21.9 Å². The zero-order chi connectivity index (χ0) is 15.7. The summed E-state index contributed by atoms with van der Waals surface area (Å²) in [6.07, 6.45) is 1.45. The molecule has 9 nitrogen and oxygen atoms in total. The summed E-state index contributed by atoms with van der Waals surface area (Å²) in [5.41, 5.74) is -0.435. The maximum Gasteiger partial charge on any atom is 0.343 e. The van der Waals surface area contributed by atoms with Crippen molar-refractivity contribution < 1.29 is 14.0 Å². The molecule has 2 amide bonds. The molecule has 0 unspecified atom stereocenters. The first kappa shape index (κ1) is 14.1. The standard InChI is InChI=1S/C13H15N5O4/c1-16-13(21)14-10(15-16)12(20)18-6-4-17(5-7-18)11(19)9-3-2-8-22-9/h2-3,8H,4-7H2,1H3,(H,14,15,21). The van der Waals surface area contributed by atoms with Gasteiger partial charge in [-0.15, -0.1) is 5.10 Å². The summed E-state index contributed by atoms with van der Waals surface area (Å²) >= 11 is 0. The zero-order valence-corrected chi connectivity index (χ0v) is 12.0. The quantitative estimate of drug-likeness (QED) is 0.790. The average Bonchev–Trinajstić information content (AvgIpc) is 3.17. The van der Waals surface area contributed by atoms with Crippen LogP contribution in [-0.2, 0) is 7.05 Å². The van der Waals surface area contributed by atoms with Crippen molar-refractivity contribution in [2.24, 2.45) is 7.05 Å². The van der Waals surface area contributed by atoms with Gasteiger partial charge in [0.05, 0.1) is 6.26 Å². The van der Waals surface area contributed by atoms with Crippen LogP contribution >= 0.6 is 0 Å². The highest BCUT2D eigenvalue weighted by Crippen LogP contribution is 2.10. The van der Waals surface area contributed by atoms with E-state index in [0.717, 1.165) is 4.68 Å². The molecule has 1 aliphatic rings. The van der Waals surface area contributed by atoms with E-state index >= 15 is 0 Å². The van der Waals surface area contributed by atoms with Crippen molar-refractivity contribution in [1.82, 2.24) is 24.6 Å². The number of rotatable bonds is 2. The van der Waals surface area contributed by atoms with E-state index in [0.29, 0.717) is 26.2 Å². The molecule has 3 rings (SSSR count). The smallest absolute Gasteiger partial charge is 0.343 e. The van der Waals surface area contributed by atoms with Gasteiger partial charge in [-0.25, -0.2) is 9.48 Å². The number of nitrogens with zero attached hydrogens (tertiary/aromatic N) is 4. The van der Waals surface area contributed by atoms with Gasteiger partial charge >= 0.3 is 5.69 Å². The molecule has 3 heterocycles. The molecule has 1 fully saturated rings. The number of furan rings is 1. The van der Waals surface area contributed by atoms with Gasteiger partial charge in [0, 0.05) is 33.2 Å². The van der Waals surface area contributed by atoms with Gasteiger partial charge in [0.15, 0.2) is 5.76 Å². The lowest BCUT2D eigenvalue weighted by Gasteiger charge is -2.33. The van der Waals surface area contributed by atoms with Crippen LogP contribution in [0.15, 0.2) is 27.6 Å². The number of aromatic nitrogens is 3. The first-order valence-electron chi connectivity index (χ1n) is 6.81. The fraction of sp³-hybridized carbons (Fsp3) is 0.385. The van der Waals surface area contributed by atoms with Crippen molar-refractivity contribution in [3.63, 3.8) is 0 Å². The fourth-order valence-corrected chi connectivity index (χ4v) is 2.32. The van der Waals surface area contributed by atoms with Gasteiger partial charge in [-0.05, 0) is 12.1 Å². The van der Waals surface area contributed by atoms with Gasteiger partial charge in [-0.3, -0.25) is 14.6 Å². The molecule has 0 spiro atoms. The maximum absolute atomic E-state index is 12.2. The Morgan fingerprint density at radius 1 is 1.18 bits per heavy atom. The Labute approximate surface area is 125 Å². The minimum atomic E-state index is -0.435. The van der Waals surface area contributed by atoms with Crippen LogP contribution < -0.4 is 5.69 Å². The Kier molecular flexibility index (Phi) is 3.53. The second-order valence-corrected chi connectivity index (χ2v) is 4.96. The van der Waals surface area contributed by atoms with Crippen molar-refractivity contribution in [3.8, 4) is 0 Å². The Morgan fingerprint density at radius 3 is 2.32 bits per heavy atom. The Hall–Kier alpha value is -2.84. The second kappa shape index (κ2) is 5.51. The lowest BCUT2D eigenvalue weighted by Crippen LogP contribution is -2.50. The van der Waals surface area contributed by atoms with Gasteiger partial charge in [-0.2, -0.15) is 0 Å². The fourth-order valence-electron chi connectivity index (χ4n) is 2.32. The van der Waals surface area contributed by atoms with Crippen LogP contribution in [0.25, 0.3) is 0 Å². The maximum atomic E-state index is 12.2. The molecule has 9 heteroatoms. The van der Waals surface area contributed by atoms with E-state index in [2.05, 4.69) is 10.1 Å². The Balaban J connectivity index is 1.63. The molecule has 116 valence electrons. The van der Waals surface area contributed by atoms with Gasteiger partial charge in [0.1, 0.15) is 0 Å². The molecule has 2 aromatic heterocycles. The predicted octanol–water partition coefficient (Wildman–Crippen LogP) is -0.700. The van der Waals surface area contributed by atoms with Gasteiger partial charge in [0.25, 0.3) is 11.8 Å². The number of piperazine rings is 1. The molecule has 0 bridgehead atoms. The summed E-state index contributed by atoms with van der Waals surface area (Å²) in [5.74, 6) is -0.238. The average molecular weight is 305 g/mol. The molecule has 22 heavy (non-hydrogen) atoms. The third-order valence-electron chi connectivity index (χ3n) is 3.56. The summed E-state index contributed by atoms with van der Waals surface area (Å²) < 4.78 is 6.16. The Morgan fingerprint density at radius 2 is 1.82 bits per heavy atom. The van der Waals surface area contributed by atoms with E-state index in [1.165, 1.54) is 13.3 Å². The number of aryl methyl sites for hydroxylation is 1. The molecule has 0 radical (unpaired) electrons. The molecule has 0 aliphatic carbocycles. The summed E-state index contributed by atoms with van der Waals surface area (Å²) in [7, 11) is 1.47. The molecule has 0 saturated carbocycles. The van der Waals surface area contributed by atoms with Crippen LogP contribution in [-0.4, -0.2) is 62.6 Å². The molecule has 0 atom stereocenters. The number of aromatic amines is 1. The lowest BCUT2D eigenvalue weighted by molar-refractivity contribution is 0.0512. The molecule has 1 N–H and O–H groups in total. The summed E-state index contributed by atoms with van der Waals surface area (Å²) in [5, 5.41) is 3.84. The normalized spacial score (nSPS) is 15.1. The third kappa shape index (κ3) is 2.52. The zero-order valence-electron chi connectivity index (χ0n) is 12.0. The van der Waals surface area contributed by atoms with Crippen molar-refractivity contribution in [3.05, 3.63) is 40.5 Å². The minimum absolute atomic E-state index is 0.0123. The molecule has 1 aliphatic heterocycles. The number of carbonyl (C=O) groups is 2. The van der Waals surface area contributed by atoms with E-state index in [1.807, 2.05) is 0 Å². The summed E-state index contributed by atoms with van der Waals surface area (Å²) in [6, 6.07) is 3.27. The van der Waals surface area contributed by atoms with E-state index in [-0.39, 0.29) is 23.4 Å². The minimum Gasteiger partial charge on any atom is -0.459 e. The highest BCUT2D eigenvalue weighted by atomic mass is 16.3. The highest BCUT2D eigenvalue weighted by molar-refractivity contribution is 5.92. The number of hydrogen-bond acceptors (Lipinski definition) is 5. The number of H-pyrrole nitrogens is 1. The van der Waals surface area contributed by atoms with Crippen molar-refractivity contribution in [2.45, 2.75) is 0 Å². The van der Waals surface area contributed by atoms with Crippen LogP contribution in [0.5, 0.6) is 0 Å². The number of nitrogens with one attached hydrogen (secondary N) is 1. The molecular formula is C13H15N5O4. The SMILES string of the molecule is Cn1nc(C(=O)N2CCN(C(=O)c3ccco3)CC2)[nH]c1=O. The van der Waals surface area contributed by atoms with Gasteiger partial charge in [0.2, 0.25) is 5.82 Å². The third-order valence-corrected chi connectivity index (χ3v) is 3.56. The highest BCUT2D eigenvalue weighted by Gasteiger charge is 2.28. The van der Waals surface area contributed by atoms with E-state index < -0.39 is 5.69 Å². The van der Waals surface area contributed by atoms with Gasteiger partial charge in [-0.1, -0.05) is 0 Å². The van der Waals surface area contributed by atoms with E-state index in [9.17, 15) is 14.4 Å². The number of carbonyl (C=O) groups excluding carboxylic acids is 2. The van der Waals surface area contributed by atoms with Crippen molar-refractivity contribution in [2.75, 3.05) is 26.2 Å². The van der Waals surface area contributed by atoms with Crippen LogP contribution in [0.1, 0.15) is 21.2 Å². The van der Waals surface area contributed by atoms with Crippen LogP contribution in [0.4, 0.5) is 0 Å². The topological polar surface area (TPSA) is 104 Å². The van der Waals surface area contributed by atoms with Crippen molar-refractivity contribution >= 4 is 11.8 Å². The molecule has 0 aromatic carbocycles. The first-order chi connectivity index (χ1) is 10.6. The number of hydrogen-bond donors (Lipinski definition) is 1. The molecular weight excluding hydrogens is 290 g/mol. The van der Waals surface area contributed by atoms with Crippen LogP contribution in [0, 0.1) is 0 Å². The lowest BCUT2D eigenvalue weighted by atomic mass is 10.2. The largest absolute Gasteiger partial charge is 0.459 e. The molecule has 2 aromatic rings. The van der Waals surface area contributed by atoms with Crippen molar-refractivity contribution in [1.29, 1.82) is 0 Å². The van der Waals surface area contributed by atoms with Crippen LogP contribution in [0.3, 0.4) is 0 Å². The van der Waals surface area contributed by atoms with Gasteiger partial charge < -0.3 is 14.2 Å². The Bertz CT molecular complexity index is 737. The molecule has 1 saturated heterocycles. The van der Waals surface area contributed by atoms with E-state index in [4.69, 9.17) is 4.42 Å².